The Bertz CT molecular complexity index is 795. The first-order valence-electron chi connectivity index (χ1n) is 6.16. The molecule has 100 valence electrons. The SMILES string of the molecule is CC(=O)Nc1cccc(-c2ccc3nc(N)sc3c2)c1. The zero-order valence-electron chi connectivity index (χ0n) is 10.9. The van der Waals surface area contributed by atoms with Crippen molar-refractivity contribution in [3.05, 3.63) is 42.5 Å². The summed E-state index contributed by atoms with van der Waals surface area (Å²) in [5, 5.41) is 3.36. The molecule has 0 aliphatic rings. The Morgan fingerprint density at radius 2 is 2.00 bits per heavy atom. The second-order valence-electron chi connectivity index (χ2n) is 4.50. The van der Waals surface area contributed by atoms with Crippen LogP contribution in [0.3, 0.4) is 0 Å². The summed E-state index contributed by atoms with van der Waals surface area (Å²) in [6, 6.07) is 13.8. The summed E-state index contributed by atoms with van der Waals surface area (Å²) in [7, 11) is 0. The molecule has 0 spiro atoms. The summed E-state index contributed by atoms with van der Waals surface area (Å²) in [5.41, 5.74) is 9.54. The average Bonchev–Trinajstić information content (AvgIpc) is 2.77. The van der Waals surface area contributed by atoms with Gasteiger partial charge in [0.25, 0.3) is 0 Å². The Hall–Kier alpha value is -2.40. The Kier molecular flexibility index (Phi) is 3.12. The number of benzene rings is 2. The normalized spacial score (nSPS) is 10.7. The maximum absolute atomic E-state index is 11.1. The highest BCUT2D eigenvalue weighted by molar-refractivity contribution is 7.22. The van der Waals surface area contributed by atoms with Crippen LogP contribution in [0.4, 0.5) is 10.8 Å². The number of rotatable bonds is 2. The predicted molar refractivity (Wildman–Crippen MR) is 83.8 cm³/mol. The van der Waals surface area contributed by atoms with Crippen molar-refractivity contribution in [3.63, 3.8) is 0 Å². The highest BCUT2D eigenvalue weighted by Gasteiger charge is 2.05. The van der Waals surface area contributed by atoms with E-state index in [9.17, 15) is 4.79 Å². The lowest BCUT2D eigenvalue weighted by Gasteiger charge is -2.06. The third kappa shape index (κ3) is 2.48. The largest absolute Gasteiger partial charge is 0.375 e. The number of nitrogen functional groups attached to an aromatic ring is 1. The van der Waals surface area contributed by atoms with Gasteiger partial charge < -0.3 is 11.1 Å². The molecule has 3 N–H and O–H groups in total. The van der Waals surface area contributed by atoms with E-state index in [0.29, 0.717) is 5.13 Å². The van der Waals surface area contributed by atoms with Crippen molar-refractivity contribution < 1.29 is 4.79 Å². The summed E-state index contributed by atoms with van der Waals surface area (Å²) in [5.74, 6) is -0.0761. The van der Waals surface area contributed by atoms with Crippen molar-refractivity contribution in [1.29, 1.82) is 0 Å². The number of amides is 1. The minimum Gasteiger partial charge on any atom is -0.375 e. The number of hydrogen-bond acceptors (Lipinski definition) is 4. The number of aromatic nitrogens is 1. The topological polar surface area (TPSA) is 68.0 Å². The van der Waals surface area contributed by atoms with Gasteiger partial charge in [-0.25, -0.2) is 4.98 Å². The van der Waals surface area contributed by atoms with Crippen LogP contribution in [0, 0.1) is 0 Å². The molecule has 3 aromatic rings. The molecule has 4 nitrogen and oxygen atoms in total. The highest BCUT2D eigenvalue weighted by atomic mass is 32.1. The molecule has 0 saturated heterocycles. The van der Waals surface area contributed by atoms with Crippen molar-refractivity contribution in [2.45, 2.75) is 6.92 Å². The molecule has 1 aromatic heterocycles. The zero-order valence-corrected chi connectivity index (χ0v) is 11.7. The van der Waals surface area contributed by atoms with E-state index in [1.165, 1.54) is 18.3 Å². The standard InChI is InChI=1S/C15H13N3OS/c1-9(19)17-12-4-2-3-10(7-12)11-5-6-13-14(8-11)20-15(16)18-13/h2-8H,1H3,(H2,16,18)(H,17,19). The van der Waals surface area contributed by atoms with Crippen LogP contribution < -0.4 is 11.1 Å². The summed E-state index contributed by atoms with van der Waals surface area (Å²) < 4.78 is 1.06. The van der Waals surface area contributed by atoms with Gasteiger partial charge in [-0.2, -0.15) is 0 Å². The molecular weight excluding hydrogens is 270 g/mol. The third-order valence-electron chi connectivity index (χ3n) is 2.92. The minimum atomic E-state index is -0.0761. The maximum Gasteiger partial charge on any atom is 0.221 e. The third-order valence-corrected chi connectivity index (χ3v) is 3.77. The van der Waals surface area contributed by atoms with Crippen LogP contribution in [0.5, 0.6) is 0 Å². The quantitative estimate of drug-likeness (QED) is 0.756. The van der Waals surface area contributed by atoms with Gasteiger partial charge in [-0.05, 0) is 35.4 Å². The van der Waals surface area contributed by atoms with Gasteiger partial charge in [-0.15, -0.1) is 0 Å². The molecule has 0 atom stereocenters. The Labute approximate surface area is 120 Å². The van der Waals surface area contributed by atoms with Crippen LogP contribution in [0.25, 0.3) is 21.3 Å². The number of nitrogens with zero attached hydrogens (tertiary/aromatic N) is 1. The fraction of sp³-hybridized carbons (Fsp3) is 0.0667. The van der Waals surface area contributed by atoms with E-state index in [4.69, 9.17) is 5.73 Å². The summed E-state index contributed by atoms with van der Waals surface area (Å²) in [4.78, 5) is 15.4. The van der Waals surface area contributed by atoms with Crippen LogP contribution in [-0.4, -0.2) is 10.9 Å². The zero-order chi connectivity index (χ0) is 14.1. The molecule has 0 aliphatic carbocycles. The van der Waals surface area contributed by atoms with Gasteiger partial charge in [0, 0.05) is 12.6 Å². The minimum absolute atomic E-state index is 0.0761. The van der Waals surface area contributed by atoms with Gasteiger partial charge in [-0.1, -0.05) is 29.5 Å². The lowest BCUT2D eigenvalue weighted by atomic mass is 10.0. The first-order valence-corrected chi connectivity index (χ1v) is 6.97. The van der Waals surface area contributed by atoms with E-state index < -0.39 is 0 Å². The van der Waals surface area contributed by atoms with Gasteiger partial charge in [0.15, 0.2) is 5.13 Å². The Morgan fingerprint density at radius 1 is 1.20 bits per heavy atom. The molecule has 0 radical (unpaired) electrons. The number of thiazole rings is 1. The molecule has 2 aromatic carbocycles. The van der Waals surface area contributed by atoms with Crippen molar-refractivity contribution >= 4 is 38.3 Å². The molecule has 5 heteroatoms. The first-order chi connectivity index (χ1) is 9.61. The number of anilines is 2. The lowest BCUT2D eigenvalue weighted by molar-refractivity contribution is -0.114. The highest BCUT2D eigenvalue weighted by Crippen LogP contribution is 2.30. The molecule has 20 heavy (non-hydrogen) atoms. The molecule has 1 amide bonds. The Balaban J connectivity index is 2.03. The van der Waals surface area contributed by atoms with Gasteiger partial charge in [-0.3, -0.25) is 4.79 Å². The molecule has 0 saturated carbocycles. The number of carbonyl (C=O) groups is 1. The molecule has 3 rings (SSSR count). The average molecular weight is 283 g/mol. The number of hydrogen-bond donors (Lipinski definition) is 2. The summed E-state index contributed by atoms with van der Waals surface area (Å²) in [6.07, 6.45) is 0. The summed E-state index contributed by atoms with van der Waals surface area (Å²) >= 11 is 1.47. The van der Waals surface area contributed by atoms with Gasteiger partial charge in [0.05, 0.1) is 10.2 Å². The smallest absolute Gasteiger partial charge is 0.221 e. The van der Waals surface area contributed by atoms with Crippen LogP contribution in [0.2, 0.25) is 0 Å². The first kappa shape index (κ1) is 12.6. The molecule has 1 heterocycles. The molecule has 0 aliphatic heterocycles. The van der Waals surface area contributed by atoms with Gasteiger partial charge in [0.2, 0.25) is 5.91 Å². The van der Waals surface area contributed by atoms with Crippen molar-refractivity contribution in [2.24, 2.45) is 0 Å². The fourth-order valence-electron chi connectivity index (χ4n) is 2.10. The number of nitrogens with two attached hydrogens (primary N) is 1. The molecular formula is C15H13N3OS. The number of fused-ring (bicyclic) bond motifs is 1. The van der Waals surface area contributed by atoms with Crippen LogP contribution in [0.15, 0.2) is 42.5 Å². The van der Waals surface area contributed by atoms with Crippen LogP contribution in [-0.2, 0) is 4.79 Å². The second kappa shape index (κ2) is 4.94. The fourth-order valence-corrected chi connectivity index (χ4v) is 2.88. The van der Waals surface area contributed by atoms with E-state index in [1.807, 2.05) is 36.4 Å². The van der Waals surface area contributed by atoms with E-state index in [1.54, 1.807) is 0 Å². The predicted octanol–water partition coefficient (Wildman–Crippen LogP) is 3.50. The van der Waals surface area contributed by atoms with E-state index in [0.717, 1.165) is 27.0 Å². The maximum atomic E-state index is 11.1. The summed E-state index contributed by atoms with van der Waals surface area (Å²) in [6.45, 7) is 1.50. The van der Waals surface area contributed by atoms with Crippen LogP contribution in [0.1, 0.15) is 6.92 Å². The lowest BCUT2D eigenvalue weighted by Crippen LogP contribution is -2.05. The second-order valence-corrected chi connectivity index (χ2v) is 5.56. The van der Waals surface area contributed by atoms with E-state index in [2.05, 4.69) is 16.4 Å². The number of carbonyl (C=O) groups excluding carboxylic acids is 1. The molecule has 0 bridgehead atoms. The van der Waals surface area contributed by atoms with E-state index in [-0.39, 0.29) is 5.91 Å². The molecule has 0 fully saturated rings. The monoisotopic (exact) mass is 283 g/mol. The Morgan fingerprint density at radius 3 is 2.80 bits per heavy atom. The van der Waals surface area contributed by atoms with Crippen LogP contribution >= 0.6 is 11.3 Å². The molecule has 0 unspecified atom stereocenters. The number of nitrogens with one attached hydrogen (secondary N) is 1. The van der Waals surface area contributed by atoms with Crippen molar-refractivity contribution in [3.8, 4) is 11.1 Å². The van der Waals surface area contributed by atoms with Gasteiger partial charge in [0.1, 0.15) is 0 Å². The van der Waals surface area contributed by atoms with Crippen molar-refractivity contribution in [2.75, 3.05) is 11.1 Å². The van der Waals surface area contributed by atoms with E-state index >= 15 is 0 Å². The van der Waals surface area contributed by atoms with Crippen molar-refractivity contribution in [1.82, 2.24) is 4.98 Å². The van der Waals surface area contributed by atoms with Gasteiger partial charge >= 0.3 is 0 Å².